The first-order valence-corrected chi connectivity index (χ1v) is 7.57. The van der Waals surface area contributed by atoms with Gasteiger partial charge in [0.05, 0.1) is 0 Å². The lowest BCUT2D eigenvalue weighted by molar-refractivity contribution is -0.157. The molecule has 0 amide bonds. The monoisotopic (exact) mass is 302 g/mol. The average Bonchev–Trinajstić information content (AvgIpc) is 2.94. The van der Waals surface area contributed by atoms with E-state index in [1.807, 2.05) is 49.6 Å². The molecule has 1 aliphatic heterocycles. The number of carbonyl (C=O) groups is 1. The van der Waals surface area contributed by atoms with Crippen LogP contribution in [-0.2, 0) is 9.53 Å². The molecule has 0 aliphatic carbocycles. The molecule has 1 saturated heterocycles. The van der Waals surface area contributed by atoms with Crippen molar-refractivity contribution in [1.82, 2.24) is 14.7 Å². The Hall–Kier alpha value is -2.08. The van der Waals surface area contributed by atoms with E-state index in [1.54, 1.807) is 6.20 Å². The Morgan fingerprint density at radius 3 is 3.00 bits per heavy atom. The highest BCUT2D eigenvalue weighted by Gasteiger charge is 2.30. The number of hydrogen-bond donors (Lipinski definition) is 1. The van der Waals surface area contributed by atoms with Gasteiger partial charge >= 0.3 is 5.97 Å². The number of esters is 1. The fraction of sp³-hybridized carbons (Fsp3) is 0.500. The summed E-state index contributed by atoms with van der Waals surface area (Å²) >= 11 is 0. The van der Waals surface area contributed by atoms with Crippen LogP contribution in [0.4, 0.5) is 5.82 Å². The maximum atomic E-state index is 12.3. The molecule has 118 valence electrons. The molecule has 22 heavy (non-hydrogen) atoms. The molecule has 2 aromatic heterocycles. The number of hydrogen-bond acceptors (Lipinski definition) is 5. The maximum Gasteiger partial charge on any atom is 0.325 e. The average molecular weight is 302 g/mol. The van der Waals surface area contributed by atoms with Gasteiger partial charge in [0.1, 0.15) is 23.1 Å². The highest BCUT2D eigenvalue weighted by molar-refractivity contribution is 5.77. The molecule has 6 heteroatoms. The highest BCUT2D eigenvalue weighted by Crippen LogP contribution is 2.19. The Morgan fingerprint density at radius 2 is 2.23 bits per heavy atom. The second-order valence-corrected chi connectivity index (χ2v) is 6.53. The van der Waals surface area contributed by atoms with Crippen LogP contribution in [-0.4, -0.2) is 46.6 Å². The van der Waals surface area contributed by atoms with E-state index in [-0.39, 0.29) is 12.0 Å². The second kappa shape index (κ2) is 5.61. The molecular formula is C16H22N4O2. The summed E-state index contributed by atoms with van der Waals surface area (Å²) in [5.74, 6) is 0.847. The van der Waals surface area contributed by atoms with Crippen molar-refractivity contribution in [2.75, 3.05) is 24.5 Å². The third-order valence-corrected chi connectivity index (χ3v) is 3.60. The lowest BCUT2D eigenvalue weighted by Gasteiger charge is -2.35. The van der Waals surface area contributed by atoms with Gasteiger partial charge in [-0.05, 0) is 32.9 Å². The summed E-state index contributed by atoms with van der Waals surface area (Å²) in [5, 5.41) is 3.24. The minimum Gasteiger partial charge on any atom is -0.459 e. The molecule has 1 unspecified atom stereocenters. The van der Waals surface area contributed by atoms with Gasteiger partial charge < -0.3 is 15.0 Å². The zero-order valence-electron chi connectivity index (χ0n) is 13.2. The predicted octanol–water partition coefficient (Wildman–Crippen LogP) is 1.45. The number of nitrogens with zero attached hydrogens (tertiary/aromatic N) is 3. The third kappa shape index (κ3) is 3.06. The van der Waals surface area contributed by atoms with Crippen molar-refractivity contribution in [3.8, 4) is 0 Å². The first-order valence-electron chi connectivity index (χ1n) is 7.57. The number of carbonyl (C=O) groups excluding carboxylic acids is 1. The predicted molar refractivity (Wildman–Crippen MR) is 85.0 cm³/mol. The van der Waals surface area contributed by atoms with Gasteiger partial charge in [0.2, 0.25) is 0 Å². The maximum absolute atomic E-state index is 12.3. The Morgan fingerprint density at radius 1 is 1.41 bits per heavy atom. The molecule has 1 aliphatic rings. The minimum absolute atomic E-state index is 0.199. The molecule has 1 fully saturated rings. The normalized spacial score (nSPS) is 19.4. The topological polar surface area (TPSA) is 58.9 Å². The number of imidazole rings is 1. The van der Waals surface area contributed by atoms with Gasteiger partial charge in [-0.2, -0.15) is 0 Å². The summed E-state index contributed by atoms with van der Waals surface area (Å²) in [4.78, 5) is 18.8. The lowest BCUT2D eigenvalue weighted by Crippen LogP contribution is -2.56. The van der Waals surface area contributed by atoms with Crippen molar-refractivity contribution in [2.45, 2.75) is 32.4 Å². The van der Waals surface area contributed by atoms with E-state index in [9.17, 15) is 4.79 Å². The summed E-state index contributed by atoms with van der Waals surface area (Å²) in [6.45, 7) is 7.84. The Balaban J connectivity index is 1.78. The number of rotatable bonds is 2. The number of aromatic nitrogens is 2. The molecule has 0 bridgehead atoms. The van der Waals surface area contributed by atoms with Crippen molar-refractivity contribution >= 4 is 17.4 Å². The summed E-state index contributed by atoms with van der Waals surface area (Å²) in [5.41, 5.74) is 0.440. The van der Waals surface area contributed by atoms with Crippen LogP contribution in [0.25, 0.3) is 5.65 Å². The van der Waals surface area contributed by atoms with E-state index in [1.165, 1.54) is 0 Å². The first-order chi connectivity index (χ1) is 10.4. The number of fused-ring (bicyclic) bond motifs is 1. The van der Waals surface area contributed by atoms with Crippen LogP contribution in [0, 0.1) is 0 Å². The number of nitrogens with one attached hydrogen (secondary N) is 1. The smallest absolute Gasteiger partial charge is 0.325 e. The number of anilines is 1. The molecule has 3 rings (SSSR count). The largest absolute Gasteiger partial charge is 0.459 e. The second-order valence-electron chi connectivity index (χ2n) is 6.53. The third-order valence-electron chi connectivity index (χ3n) is 3.60. The Labute approximate surface area is 130 Å². The van der Waals surface area contributed by atoms with E-state index in [0.717, 1.165) is 24.6 Å². The quantitative estimate of drug-likeness (QED) is 0.851. The molecule has 0 saturated carbocycles. The standard InChI is InChI=1S/C16H22N4O2/c1-16(2,3)22-15(21)12-11-19(9-7-17-12)14-6-4-5-13-18-8-10-20(13)14/h4-6,8,10,12,17H,7,9,11H2,1-3H3. The molecule has 0 radical (unpaired) electrons. The molecule has 6 nitrogen and oxygen atoms in total. The van der Waals surface area contributed by atoms with Crippen molar-refractivity contribution < 1.29 is 9.53 Å². The highest BCUT2D eigenvalue weighted by atomic mass is 16.6. The Bertz CT molecular complexity index is 674. The molecule has 0 aromatic carbocycles. The molecule has 1 atom stereocenters. The van der Waals surface area contributed by atoms with Gasteiger partial charge in [-0.3, -0.25) is 9.20 Å². The zero-order chi connectivity index (χ0) is 15.7. The first kappa shape index (κ1) is 14.8. The van der Waals surface area contributed by atoms with E-state index in [0.29, 0.717) is 6.54 Å². The summed E-state index contributed by atoms with van der Waals surface area (Å²) in [6.07, 6.45) is 3.72. The van der Waals surface area contributed by atoms with Gasteiger partial charge in [-0.1, -0.05) is 6.07 Å². The van der Waals surface area contributed by atoms with Crippen LogP contribution in [0.15, 0.2) is 30.6 Å². The SMILES string of the molecule is CC(C)(C)OC(=O)C1CN(c2cccc3nccn23)CCN1. The van der Waals surface area contributed by atoms with Crippen LogP contribution in [0.2, 0.25) is 0 Å². The summed E-state index contributed by atoms with van der Waals surface area (Å²) in [7, 11) is 0. The summed E-state index contributed by atoms with van der Waals surface area (Å²) < 4.78 is 7.53. The van der Waals surface area contributed by atoms with Crippen LogP contribution in [0.3, 0.4) is 0 Å². The van der Waals surface area contributed by atoms with Crippen LogP contribution >= 0.6 is 0 Å². The van der Waals surface area contributed by atoms with E-state index >= 15 is 0 Å². The molecule has 1 N–H and O–H groups in total. The van der Waals surface area contributed by atoms with Crippen molar-refractivity contribution in [2.24, 2.45) is 0 Å². The fourth-order valence-corrected chi connectivity index (χ4v) is 2.68. The minimum atomic E-state index is -0.467. The van der Waals surface area contributed by atoms with Crippen LogP contribution in [0.1, 0.15) is 20.8 Å². The van der Waals surface area contributed by atoms with E-state index in [4.69, 9.17) is 4.74 Å². The number of piperazine rings is 1. The zero-order valence-corrected chi connectivity index (χ0v) is 13.2. The molecule has 0 spiro atoms. The number of pyridine rings is 1. The molecular weight excluding hydrogens is 280 g/mol. The van der Waals surface area contributed by atoms with Crippen LogP contribution < -0.4 is 10.2 Å². The van der Waals surface area contributed by atoms with Gasteiger partial charge in [0.15, 0.2) is 0 Å². The molecule has 3 heterocycles. The van der Waals surface area contributed by atoms with Gasteiger partial charge in [-0.25, -0.2) is 4.98 Å². The van der Waals surface area contributed by atoms with Gasteiger partial charge in [0.25, 0.3) is 0 Å². The molecule has 2 aromatic rings. The van der Waals surface area contributed by atoms with E-state index < -0.39 is 5.60 Å². The van der Waals surface area contributed by atoms with Crippen molar-refractivity contribution in [3.05, 3.63) is 30.6 Å². The summed E-state index contributed by atoms with van der Waals surface area (Å²) in [6, 6.07) is 5.69. The van der Waals surface area contributed by atoms with Gasteiger partial charge in [0, 0.05) is 32.0 Å². The van der Waals surface area contributed by atoms with E-state index in [2.05, 4.69) is 15.2 Å². The van der Waals surface area contributed by atoms with Crippen molar-refractivity contribution in [3.63, 3.8) is 0 Å². The lowest BCUT2D eigenvalue weighted by atomic mass is 10.1. The fourth-order valence-electron chi connectivity index (χ4n) is 2.68. The van der Waals surface area contributed by atoms with Crippen LogP contribution in [0.5, 0.6) is 0 Å². The van der Waals surface area contributed by atoms with Crippen molar-refractivity contribution in [1.29, 1.82) is 0 Å². The van der Waals surface area contributed by atoms with Gasteiger partial charge in [-0.15, -0.1) is 0 Å². The number of ether oxygens (including phenoxy) is 1. The Kier molecular flexibility index (Phi) is 3.78.